The second-order valence-electron chi connectivity index (χ2n) is 3.66. The van der Waals surface area contributed by atoms with Gasteiger partial charge in [-0.3, -0.25) is 9.59 Å². The molecule has 0 spiro atoms. The topological polar surface area (TPSA) is 54.4 Å². The summed E-state index contributed by atoms with van der Waals surface area (Å²) < 4.78 is -0.137. The summed E-state index contributed by atoms with van der Waals surface area (Å²) in [7, 11) is 0. The molecule has 1 aromatic rings. The molecule has 3 nitrogen and oxygen atoms in total. The van der Waals surface area contributed by atoms with Gasteiger partial charge in [-0.2, -0.15) is 0 Å². The maximum absolute atomic E-state index is 11.8. The number of ketones is 1. The number of allylic oxidation sites excluding steroid dienone is 1. The number of hydrogen-bond acceptors (Lipinski definition) is 3. The first kappa shape index (κ1) is 14.1. The van der Waals surface area contributed by atoms with Gasteiger partial charge in [0.05, 0.1) is 0 Å². The fourth-order valence-electron chi connectivity index (χ4n) is 1.34. The van der Waals surface area contributed by atoms with Crippen LogP contribution in [-0.2, 0) is 4.79 Å². The number of rotatable bonds is 6. The van der Waals surface area contributed by atoms with E-state index in [0.717, 1.165) is 0 Å². The van der Waals surface area contributed by atoms with Crippen molar-refractivity contribution in [3.05, 3.63) is 48.0 Å². The summed E-state index contributed by atoms with van der Waals surface area (Å²) in [6, 6.07) is 8.61. The number of hydrogen-bond donors (Lipinski definition) is 1. The Kier molecular flexibility index (Phi) is 5.50. The molecule has 1 rings (SSSR count). The van der Waals surface area contributed by atoms with Crippen LogP contribution in [0.1, 0.15) is 23.2 Å². The lowest BCUT2D eigenvalue weighted by molar-refractivity contribution is -0.106. The van der Waals surface area contributed by atoms with E-state index >= 15 is 0 Å². The van der Waals surface area contributed by atoms with Crippen LogP contribution >= 0.6 is 22.6 Å². The number of carbonyl (C=O) groups is 2. The maximum Gasteiger partial charge on any atom is 0.217 e. The molecule has 0 aliphatic rings. The van der Waals surface area contributed by atoms with Crippen LogP contribution in [0.4, 0.5) is 0 Å². The number of aliphatic hydroxyl groups excluding tert-OH is 1. The Hall–Kier alpha value is -1.01. The Balaban J connectivity index is 2.54. The standard InChI is InChI=1S/C13H13IO3/c1-9(13(14)17)7-8-11(15)12(16)10-5-3-2-4-6-10/h2-6,11,15H,1,7-8H2. The molecule has 90 valence electrons. The van der Waals surface area contributed by atoms with Gasteiger partial charge in [0, 0.05) is 28.2 Å². The fourth-order valence-corrected chi connectivity index (χ4v) is 1.60. The zero-order chi connectivity index (χ0) is 12.8. The number of Topliss-reactive ketones (excluding diaryl/α,β-unsaturated/α-hetero) is 1. The lowest BCUT2D eigenvalue weighted by atomic mass is 10.0. The summed E-state index contributed by atoms with van der Waals surface area (Å²) in [6.45, 7) is 3.58. The Bertz CT molecular complexity index is 426. The summed E-state index contributed by atoms with van der Waals surface area (Å²) in [4.78, 5) is 22.7. The number of aliphatic hydroxyl groups is 1. The average molecular weight is 344 g/mol. The van der Waals surface area contributed by atoms with E-state index in [9.17, 15) is 14.7 Å². The molecule has 1 aromatic carbocycles. The molecule has 0 amide bonds. The van der Waals surface area contributed by atoms with Crippen molar-refractivity contribution < 1.29 is 14.7 Å². The number of halogens is 1. The van der Waals surface area contributed by atoms with E-state index in [0.29, 0.717) is 17.6 Å². The summed E-state index contributed by atoms with van der Waals surface area (Å²) in [5, 5.41) is 9.70. The maximum atomic E-state index is 11.8. The summed E-state index contributed by atoms with van der Waals surface area (Å²) in [5.41, 5.74) is 0.900. The van der Waals surface area contributed by atoms with Crippen molar-refractivity contribution in [3.63, 3.8) is 0 Å². The lowest BCUT2D eigenvalue weighted by Gasteiger charge is -2.09. The van der Waals surface area contributed by atoms with Crippen molar-refractivity contribution in [2.45, 2.75) is 18.9 Å². The van der Waals surface area contributed by atoms with Gasteiger partial charge < -0.3 is 5.11 Å². The van der Waals surface area contributed by atoms with Crippen LogP contribution < -0.4 is 0 Å². The molecule has 1 N–H and O–H groups in total. The molecule has 0 bridgehead atoms. The lowest BCUT2D eigenvalue weighted by Crippen LogP contribution is -2.20. The SMILES string of the molecule is C=C(CCC(O)C(=O)c1ccccc1)C(=O)I. The van der Waals surface area contributed by atoms with Crippen molar-refractivity contribution in [1.82, 2.24) is 0 Å². The first-order valence-corrected chi connectivity index (χ1v) is 6.25. The Morgan fingerprint density at radius 1 is 1.29 bits per heavy atom. The average Bonchev–Trinajstić information content (AvgIpc) is 2.35. The highest BCUT2D eigenvalue weighted by atomic mass is 127. The second kappa shape index (κ2) is 6.66. The third-order valence-electron chi connectivity index (χ3n) is 2.36. The minimum atomic E-state index is -1.08. The zero-order valence-electron chi connectivity index (χ0n) is 9.23. The highest BCUT2D eigenvalue weighted by Gasteiger charge is 2.17. The van der Waals surface area contributed by atoms with Gasteiger partial charge in [0.25, 0.3) is 0 Å². The molecule has 4 heteroatoms. The predicted octanol–water partition coefficient (Wildman–Crippen LogP) is 2.53. The van der Waals surface area contributed by atoms with Gasteiger partial charge in [-0.25, -0.2) is 0 Å². The van der Waals surface area contributed by atoms with E-state index in [-0.39, 0.29) is 16.0 Å². The summed E-state index contributed by atoms with van der Waals surface area (Å²) in [6.07, 6.45) is -0.520. The fraction of sp³-hybridized carbons (Fsp3) is 0.231. The monoisotopic (exact) mass is 344 g/mol. The van der Waals surface area contributed by atoms with Crippen molar-refractivity contribution in [2.24, 2.45) is 0 Å². The molecule has 0 radical (unpaired) electrons. The van der Waals surface area contributed by atoms with E-state index in [1.807, 2.05) is 0 Å². The van der Waals surface area contributed by atoms with Crippen LogP contribution in [0.3, 0.4) is 0 Å². The van der Waals surface area contributed by atoms with Gasteiger partial charge in [0.1, 0.15) is 6.10 Å². The molecule has 0 fully saturated rings. The van der Waals surface area contributed by atoms with Gasteiger partial charge in [-0.05, 0) is 18.4 Å². The number of benzene rings is 1. The Morgan fingerprint density at radius 2 is 1.88 bits per heavy atom. The smallest absolute Gasteiger partial charge is 0.217 e. The van der Waals surface area contributed by atoms with Gasteiger partial charge in [-0.15, -0.1) is 0 Å². The molecule has 0 heterocycles. The minimum absolute atomic E-state index is 0.137. The first-order chi connectivity index (χ1) is 8.02. The molecule has 1 atom stereocenters. The van der Waals surface area contributed by atoms with Crippen molar-refractivity contribution >= 4 is 32.2 Å². The molecule has 17 heavy (non-hydrogen) atoms. The molecular formula is C13H13IO3. The molecule has 0 saturated heterocycles. The van der Waals surface area contributed by atoms with Crippen LogP contribution in [0.25, 0.3) is 0 Å². The minimum Gasteiger partial charge on any atom is -0.385 e. The second-order valence-corrected chi connectivity index (χ2v) is 4.64. The Labute approximate surface area is 114 Å². The molecule has 0 aliphatic carbocycles. The summed E-state index contributed by atoms with van der Waals surface area (Å²) in [5.74, 6) is -0.320. The van der Waals surface area contributed by atoms with Crippen LogP contribution in [0.2, 0.25) is 0 Å². The van der Waals surface area contributed by atoms with Crippen LogP contribution in [0, 0.1) is 0 Å². The van der Waals surface area contributed by atoms with E-state index in [1.165, 1.54) is 0 Å². The molecule has 1 unspecified atom stereocenters. The normalized spacial score (nSPS) is 11.9. The quantitative estimate of drug-likeness (QED) is 0.373. The molecular weight excluding hydrogens is 331 g/mol. The van der Waals surface area contributed by atoms with Gasteiger partial charge in [0.2, 0.25) is 3.79 Å². The van der Waals surface area contributed by atoms with Crippen LogP contribution in [-0.4, -0.2) is 20.8 Å². The third-order valence-corrected chi connectivity index (χ3v) is 3.12. The van der Waals surface area contributed by atoms with Crippen molar-refractivity contribution in [2.75, 3.05) is 0 Å². The van der Waals surface area contributed by atoms with Crippen LogP contribution in [0.15, 0.2) is 42.5 Å². The van der Waals surface area contributed by atoms with E-state index in [1.54, 1.807) is 52.9 Å². The van der Waals surface area contributed by atoms with E-state index < -0.39 is 6.10 Å². The predicted molar refractivity (Wildman–Crippen MR) is 74.2 cm³/mol. The summed E-state index contributed by atoms with van der Waals surface area (Å²) >= 11 is 1.64. The van der Waals surface area contributed by atoms with Gasteiger partial charge in [0.15, 0.2) is 5.78 Å². The van der Waals surface area contributed by atoms with Crippen molar-refractivity contribution in [3.8, 4) is 0 Å². The Morgan fingerprint density at radius 3 is 2.41 bits per heavy atom. The van der Waals surface area contributed by atoms with Gasteiger partial charge >= 0.3 is 0 Å². The molecule has 0 aliphatic heterocycles. The molecule has 0 saturated carbocycles. The highest BCUT2D eigenvalue weighted by Crippen LogP contribution is 2.13. The van der Waals surface area contributed by atoms with Crippen molar-refractivity contribution in [1.29, 1.82) is 0 Å². The number of carbonyl (C=O) groups excluding carboxylic acids is 2. The van der Waals surface area contributed by atoms with E-state index in [2.05, 4.69) is 6.58 Å². The largest absolute Gasteiger partial charge is 0.385 e. The van der Waals surface area contributed by atoms with Crippen LogP contribution in [0.5, 0.6) is 0 Å². The third kappa shape index (κ3) is 4.40. The zero-order valence-corrected chi connectivity index (χ0v) is 11.4. The molecule has 0 aromatic heterocycles. The van der Waals surface area contributed by atoms with E-state index in [4.69, 9.17) is 0 Å². The first-order valence-electron chi connectivity index (χ1n) is 5.17. The van der Waals surface area contributed by atoms with Gasteiger partial charge in [-0.1, -0.05) is 36.9 Å². The highest BCUT2D eigenvalue weighted by molar-refractivity contribution is 14.1.